The highest BCUT2D eigenvalue weighted by Crippen LogP contribution is 2.15. The Morgan fingerprint density at radius 3 is 2.17 bits per heavy atom. The lowest BCUT2D eigenvalue weighted by molar-refractivity contribution is 0.310. The minimum absolute atomic E-state index is 0.0294. The van der Waals surface area contributed by atoms with Gasteiger partial charge in [0.25, 0.3) is 10.2 Å². The van der Waals surface area contributed by atoms with E-state index >= 15 is 0 Å². The first-order valence-electron chi connectivity index (χ1n) is 6.57. The smallest absolute Gasteiger partial charge is 0.281 e. The minimum Gasteiger partial charge on any atom is -0.320 e. The summed E-state index contributed by atoms with van der Waals surface area (Å²) in [4.78, 5) is 0. The topological polar surface area (TPSA) is 52.7 Å². The normalized spacial score (nSPS) is 14.7. The fraction of sp³-hybridized carbons (Fsp3) is 1.00. The van der Waals surface area contributed by atoms with Gasteiger partial charge in [-0.3, -0.25) is 0 Å². The molecule has 0 rings (SSSR count). The van der Waals surface area contributed by atoms with Crippen LogP contribution in [0.4, 0.5) is 0 Å². The van der Waals surface area contributed by atoms with Gasteiger partial charge in [-0.1, -0.05) is 13.8 Å². The quantitative estimate of drug-likeness (QED) is 0.644. The summed E-state index contributed by atoms with van der Waals surface area (Å²) in [6, 6.07) is 0.0294. The van der Waals surface area contributed by atoms with E-state index in [1.807, 2.05) is 14.0 Å². The van der Waals surface area contributed by atoms with E-state index < -0.39 is 10.2 Å². The molecule has 0 amide bonds. The zero-order chi connectivity index (χ0) is 14.3. The molecule has 1 N–H and O–H groups in total. The molecule has 1 unspecified atom stereocenters. The van der Waals surface area contributed by atoms with Crippen molar-refractivity contribution in [3.63, 3.8) is 0 Å². The Morgan fingerprint density at radius 1 is 1.17 bits per heavy atom. The summed E-state index contributed by atoms with van der Waals surface area (Å²) < 4.78 is 27.5. The standard InChI is InChI=1S/C12H29N3O2S/c1-11(2)10-12(3)15(6)18(16,17)14(5)9-7-8-13-4/h11-13H,7-10H2,1-6H3. The van der Waals surface area contributed by atoms with Crippen molar-refractivity contribution < 1.29 is 8.42 Å². The van der Waals surface area contributed by atoms with Gasteiger partial charge >= 0.3 is 0 Å². The van der Waals surface area contributed by atoms with Crippen LogP contribution in [0.25, 0.3) is 0 Å². The lowest BCUT2D eigenvalue weighted by atomic mass is 10.1. The molecule has 0 heterocycles. The van der Waals surface area contributed by atoms with E-state index in [1.165, 1.54) is 8.61 Å². The lowest BCUT2D eigenvalue weighted by Crippen LogP contribution is -2.44. The van der Waals surface area contributed by atoms with Gasteiger partial charge in [0.1, 0.15) is 0 Å². The van der Waals surface area contributed by atoms with Crippen LogP contribution in [0.2, 0.25) is 0 Å². The molecule has 0 aromatic heterocycles. The monoisotopic (exact) mass is 279 g/mol. The predicted octanol–water partition coefficient (Wildman–Crippen LogP) is 1.14. The highest BCUT2D eigenvalue weighted by Gasteiger charge is 2.27. The van der Waals surface area contributed by atoms with E-state index in [2.05, 4.69) is 19.2 Å². The molecule has 110 valence electrons. The zero-order valence-electron chi connectivity index (χ0n) is 12.6. The first-order chi connectivity index (χ1) is 8.23. The molecule has 1 atom stereocenters. The molecule has 0 radical (unpaired) electrons. The lowest BCUT2D eigenvalue weighted by Gasteiger charge is -2.29. The third kappa shape index (κ3) is 5.65. The first kappa shape index (κ1) is 17.8. The van der Waals surface area contributed by atoms with Crippen molar-refractivity contribution in [1.29, 1.82) is 0 Å². The summed E-state index contributed by atoms with van der Waals surface area (Å²) in [5.41, 5.74) is 0. The van der Waals surface area contributed by atoms with Crippen LogP contribution in [0.3, 0.4) is 0 Å². The summed E-state index contributed by atoms with van der Waals surface area (Å²) in [6.45, 7) is 7.53. The second kappa shape index (κ2) is 8.09. The summed E-state index contributed by atoms with van der Waals surface area (Å²) in [5, 5.41) is 3.02. The Balaban J connectivity index is 4.50. The van der Waals surface area contributed by atoms with Crippen LogP contribution in [-0.2, 0) is 10.2 Å². The molecule has 0 aromatic rings. The molecule has 0 bridgehead atoms. The third-order valence-electron chi connectivity index (χ3n) is 3.09. The van der Waals surface area contributed by atoms with Gasteiger partial charge in [-0.25, -0.2) is 0 Å². The minimum atomic E-state index is -3.33. The van der Waals surface area contributed by atoms with Gasteiger partial charge in [0, 0.05) is 26.7 Å². The fourth-order valence-electron chi connectivity index (χ4n) is 1.87. The van der Waals surface area contributed by atoms with E-state index in [0.717, 1.165) is 19.4 Å². The van der Waals surface area contributed by atoms with Crippen LogP contribution in [0.5, 0.6) is 0 Å². The van der Waals surface area contributed by atoms with Gasteiger partial charge in [0.05, 0.1) is 0 Å². The molecule has 5 nitrogen and oxygen atoms in total. The molecule has 0 fully saturated rings. The van der Waals surface area contributed by atoms with E-state index in [1.54, 1.807) is 14.1 Å². The van der Waals surface area contributed by atoms with Gasteiger partial charge in [0.2, 0.25) is 0 Å². The summed E-state index contributed by atoms with van der Waals surface area (Å²) in [7, 11) is 1.85. The number of nitrogens with zero attached hydrogens (tertiary/aromatic N) is 2. The second-order valence-corrected chi connectivity index (χ2v) is 7.38. The Bertz CT molecular complexity index is 317. The maximum atomic E-state index is 12.3. The van der Waals surface area contributed by atoms with E-state index in [-0.39, 0.29) is 6.04 Å². The van der Waals surface area contributed by atoms with Crippen LogP contribution < -0.4 is 5.32 Å². The Labute approximate surface area is 113 Å². The second-order valence-electron chi connectivity index (χ2n) is 5.28. The predicted molar refractivity (Wildman–Crippen MR) is 76.8 cm³/mol. The molecular weight excluding hydrogens is 250 g/mol. The fourth-order valence-corrected chi connectivity index (χ4v) is 3.21. The molecule has 6 heteroatoms. The van der Waals surface area contributed by atoms with Crippen molar-refractivity contribution >= 4 is 10.2 Å². The Hall–Kier alpha value is -0.170. The van der Waals surface area contributed by atoms with Crippen LogP contribution in [0.1, 0.15) is 33.6 Å². The van der Waals surface area contributed by atoms with Crippen molar-refractivity contribution in [3.8, 4) is 0 Å². The number of rotatable bonds is 9. The summed E-state index contributed by atoms with van der Waals surface area (Å²) >= 11 is 0. The highest BCUT2D eigenvalue weighted by atomic mass is 32.2. The van der Waals surface area contributed by atoms with E-state index in [4.69, 9.17) is 0 Å². The molecule has 0 aliphatic rings. The van der Waals surface area contributed by atoms with Crippen molar-refractivity contribution in [2.45, 2.75) is 39.7 Å². The van der Waals surface area contributed by atoms with Gasteiger partial charge in [-0.05, 0) is 39.3 Å². The van der Waals surface area contributed by atoms with Crippen molar-refractivity contribution in [2.75, 3.05) is 34.2 Å². The van der Waals surface area contributed by atoms with Crippen LogP contribution >= 0.6 is 0 Å². The molecule has 0 saturated heterocycles. The third-order valence-corrected chi connectivity index (χ3v) is 5.15. The van der Waals surface area contributed by atoms with E-state index in [9.17, 15) is 8.42 Å². The maximum Gasteiger partial charge on any atom is 0.281 e. The zero-order valence-corrected chi connectivity index (χ0v) is 13.4. The highest BCUT2D eigenvalue weighted by molar-refractivity contribution is 7.86. The average Bonchev–Trinajstić information content (AvgIpc) is 2.27. The van der Waals surface area contributed by atoms with Crippen LogP contribution in [-0.4, -0.2) is 57.3 Å². The largest absolute Gasteiger partial charge is 0.320 e. The van der Waals surface area contributed by atoms with Gasteiger partial charge < -0.3 is 5.32 Å². The Morgan fingerprint density at radius 2 is 1.72 bits per heavy atom. The van der Waals surface area contributed by atoms with Crippen molar-refractivity contribution in [3.05, 3.63) is 0 Å². The summed E-state index contributed by atoms with van der Waals surface area (Å²) in [6.07, 6.45) is 1.69. The van der Waals surface area contributed by atoms with Crippen LogP contribution in [0, 0.1) is 5.92 Å². The average molecular weight is 279 g/mol. The molecular formula is C12H29N3O2S. The first-order valence-corrected chi connectivity index (χ1v) is 7.97. The van der Waals surface area contributed by atoms with E-state index in [0.29, 0.717) is 12.5 Å². The molecule has 0 aliphatic carbocycles. The number of hydrogen-bond donors (Lipinski definition) is 1. The van der Waals surface area contributed by atoms with Crippen molar-refractivity contribution in [1.82, 2.24) is 13.9 Å². The van der Waals surface area contributed by atoms with Crippen molar-refractivity contribution in [2.24, 2.45) is 5.92 Å². The molecule has 0 spiro atoms. The summed E-state index contributed by atoms with van der Waals surface area (Å²) in [5.74, 6) is 0.493. The van der Waals surface area contributed by atoms with Gasteiger partial charge in [-0.15, -0.1) is 0 Å². The molecule has 0 aliphatic heterocycles. The maximum absolute atomic E-state index is 12.3. The molecule has 18 heavy (non-hydrogen) atoms. The number of hydrogen-bond acceptors (Lipinski definition) is 3. The number of nitrogens with one attached hydrogen (secondary N) is 1. The SMILES string of the molecule is CNCCCN(C)S(=O)(=O)N(C)C(C)CC(C)C. The molecule has 0 saturated carbocycles. The van der Waals surface area contributed by atoms with Gasteiger partial charge in [0.15, 0.2) is 0 Å². The van der Waals surface area contributed by atoms with Crippen LogP contribution in [0.15, 0.2) is 0 Å². The van der Waals surface area contributed by atoms with Gasteiger partial charge in [-0.2, -0.15) is 17.0 Å². The molecule has 0 aromatic carbocycles. The Kier molecular flexibility index (Phi) is 8.02.